The van der Waals surface area contributed by atoms with Crippen molar-refractivity contribution in [3.8, 4) is 5.69 Å². The lowest BCUT2D eigenvalue weighted by Crippen LogP contribution is -2.29. The van der Waals surface area contributed by atoms with Gasteiger partial charge in [-0.25, -0.2) is 8.42 Å². The lowest BCUT2D eigenvalue weighted by atomic mass is 9.96. The summed E-state index contributed by atoms with van der Waals surface area (Å²) in [5.74, 6) is 0. The topological polar surface area (TPSA) is 82.5 Å². The third-order valence-electron chi connectivity index (χ3n) is 7.57. The number of rotatable bonds is 9. The molecule has 0 amide bonds. The Kier molecular flexibility index (Phi) is 8.06. The Hall–Kier alpha value is -3.89. The van der Waals surface area contributed by atoms with Crippen LogP contribution in [0.2, 0.25) is 0 Å². The Labute approximate surface area is 248 Å². The van der Waals surface area contributed by atoms with E-state index in [1.807, 2.05) is 30.3 Å². The fraction of sp³-hybridized carbons (Fsp3) is 0.290. The quantitative estimate of drug-likeness (QED) is 0.236. The van der Waals surface area contributed by atoms with Gasteiger partial charge in [0.15, 0.2) is 5.11 Å². The minimum absolute atomic E-state index is 0.180. The highest BCUT2D eigenvalue weighted by atomic mass is 32.2. The van der Waals surface area contributed by atoms with E-state index in [0.29, 0.717) is 10.8 Å². The van der Waals surface area contributed by atoms with E-state index in [0.717, 1.165) is 53.4 Å². The summed E-state index contributed by atoms with van der Waals surface area (Å²) in [4.78, 5) is 9.12. The first-order valence-corrected chi connectivity index (χ1v) is 16.0. The van der Waals surface area contributed by atoms with Gasteiger partial charge in [-0.1, -0.05) is 6.07 Å². The van der Waals surface area contributed by atoms with E-state index in [4.69, 9.17) is 12.2 Å². The van der Waals surface area contributed by atoms with Crippen LogP contribution in [0.15, 0.2) is 79.0 Å². The highest BCUT2D eigenvalue weighted by Crippen LogP contribution is 2.44. The van der Waals surface area contributed by atoms with Crippen molar-refractivity contribution >= 4 is 44.4 Å². The fourth-order valence-electron chi connectivity index (χ4n) is 5.74. The van der Waals surface area contributed by atoms with Gasteiger partial charge >= 0.3 is 0 Å². The molecule has 4 aromatic rings. The van der Waals surface area contributed by atoms with Crippen LogP contribution in [0.25, 0.3) is 5.69 Å². The molecule has 5 rings (SSSR count). The van der Waals surface area contributed by atoms with Crippen LogP contribution in [0.1, 0.15) is 48.6 Å². The molecule has 41 heavy (non-hydrogen) atoms. The van der Waals surface area contributed by atoms with Crippen LogP contribution in [0.3, 0.4) is 0 Å². The second kappa shape index (κ2) is 11.5. The first-order valence-electron chi connectivity index (χ1n) is 13.7. The number of hydrogen-bond acceptors (Lipinski definition) is 5. The van der Waals surface area contributed by atoms with Crippen LogP contribution >= 0.6 is 12.2 Å². The molecule has 0 unspecified atom stereocenters. The maximum absolute atomic E-state index is 11.7. The molecule has 2 atom stereocenters. The van der Waals surface area contributed by atoms with Gasteiger partial charge in [-0.15, -0.1) is 0 Å². The second-order valence-electron chi connectivity index (χ2n) is 10.3. The average Bonchev–Trinajstić information content (AvgIpc) is 3.44. The highest BCUT2D eigenvalue weighted by molar-refractivity contribution is 7.92. The highest BCUT2D eigenvalue weighted by Gasteiger charge is 2.42. The van der Waals surface area contributed by atoms with Gasteiger partial charge < -0.3 is 19.7 Å². The van der Waals surface area contributed by atoms with Crippen molar-refractivity contribution < 1.29 is 8.42 Å². The number of hydrogen-bond donors (Lipinski definition) is 2. The van der Waals surface area contributed by atoms with Gasteiger partial charge in [0.25, 0.3) is 0 Å². The molecule has 2 aromatic heterocycles. The largest absolute Gasteiger partial charge is 0.372 e. The SMILES string of the molecule is CCN(CC)c1ccc(-n2c(C)cc([C@@H]3[C@H](c4ccccn4)NC(=S)N3c3ccc(NS(C)(=O)=O)cc3)c2C)cc1. The van der Waals surface area contributed by atoms with Crippen LogP contribution in [-0.4, -0.2) is 42.4 Å². The Bertz CT molecular complexity index is 1630. The third kappa shape index (κ3) is 5.80. The maximum Gasteiger partial charge on any atom is 0.229 e. The van der Waals surface area contributed by atoms with E-state index in [-0.39, 0.29) is 12.1 Å². The molecule has 0 radical (unpaired) electrons. The minimum atomic E-state index is -3.38. The van der Waals surface area contributed by atoms with Gasteiger partial charge in [0.05, 0.1) is 24.0 Å². The van der Waals surface area contributed by atoms with Crippen LogP contribution in [0.5, 0.6) is 0 Å². The van der Waals surface area contributed by atoms with Crippen molar-refractivity contribution in [3.05, 3.63) is 102 Å². The predicted molar refractivity (Wildman–Crippen MR) is 172 cm³/mol. The molecule has 1 aliphatic heterocycles. The normalized spacial score (nSPS) is 17.0. The molecule has 214 valence electrons. The molecule has 1 saturated heterocycles. The molecule has 0 aliphatic carbocycles. The van der Waals surface area contributed by atoms with Crippen molar-refractivity contribution in [2.24, 2.45) is 0 Å². The van der Waals surface area contributed by atoms with Gasteiger partial charge in [0.2, 0.25) is 10.0 Å². The first-order chi connectivity index (χ1) is 19.6. The van der Waals surface area contributed by atoms with Crippen LogP contribution in [0, 0.1) is 13.8 Å². The van der Waals surface area contributed by atoms with Gasteiger partial charge in [-0.05, 0) is 112 Å². The Morgan fingerprint density at radius 3 is 2.22 bits per heavy atom. The molecular formula is C31H36N6O2S2. The Morgan fingerprint density at radius 1 is 0.976 bits per heavy atom. The zero-order valence-corrected chi connectivity index (χ0v) is 25.6. The minimum Gasteiger partial charge on any atom is -0.372 e. The lowest BCUT2D eigenvalue weighted by molar-refractivity contribution is 0.565. The number of benzene rings is 2. The zero-order chi connectivity index (χ0) is 29.3. The van der Waals surface area contributed by atoms with E-state index in [1.165, 1.54) is 5.69 Å². The second-order valence-corrected chi connectivity index (χ2v) is 12.4. The number of pyridine rings is 1. The van der Waals surface area contributed by atoms with E-state index >= 15 is 0 Å². The van der Waals surface area contributed by atoms with Crippen molar-refractivity contribution in [2.45, 2.75) is 39.8 Å². The van der Waals surface area contributed by atoms with Crippen molar-refractivity contribution in [2.75, 3.05) is 33.9 Å². The summed E-state index contributed by atoms with van der Waals surface area (Å²) in [5.41, 5.74) is 7.95. The van der Waals surface area contributed by atoms with Crippen LogP contribution in [0.4, 0.5) is 17.1 Å². The maximum atomic E-state index is 11.7. The molecule has 0 spiro atoms. The summed E-state index contributed by atoms with van der Waals surface area (Å²) < 4.78 is 28.3. The van der Waals surface area contributed by atoms with E-state index < -0.39 is 10.0 Å². The molecule has 2 aromatic carbocycles. The van der Waals surface area contributed by atoms with E-state index in [2.05, 4.69) is 87.4 Å². The lowest BCUT2D eigenvalue weighted by Gasteiger charge is -2.28. The molecule has 0 bridgehead atoms. The standard InChI is InChI=1S/C31H36N6O2S2/c1-6-35(7-2)24-15-17-25(18-16-24)36-21(3)20-27(22(36)4)30-29(28-10-8-9-19-32-28)33-31(40)37(30)26-13-11-23(12-14-26)34-41(5,38)39/h8-20,29-30,34H,6-7H2,1-5H3,(H,33,40)/t29-,30+/m0/s1. The Balaban J connectivity index is 1.58. The van der Waals surface area contributed by atoms with Gasteiger partial charge in [0.1, 0.15) is 0 Å². The molecular weight excluding hydrogens is 553 g/mol. The number of nitrogens with zero attached hydrogens (tertiary/aromatic N) is 4. The van der Waals surface area contributed by atoms with Crippen molar-refractivity contribution in [3.63, 3.8) is 0 Å². The van der Waals surface area contributed by atoms with Gasteiger partial charge in [-0.2, -0.15) is 0 Å². The fourth-order valence-corrected chi connectivity index (χ4v) is 6.65. The molecule has 3 heterocycles. The monoisotopic (exact) mass is 588 g/mol. The smallest absolute Gasteiger partial charge is 0.229 e. The summed E-state index contributed by atoms with van der Waals surface area (Å²) in [6.45, 7) is 10.5. The summed E-state index contributed by atoms with van der Waals surface area (Å²) in [5, 5.41) is 4.10. The van der Waals surface area contributed by atoms with Crippen molar-refractivity contribution in [1.29, 1.82) is 0 Å². The van der Waals surface area contributed by atoms with E-state index in [1.54, 1.807) is 18.3 Å². The van der Waals surface area contributed by atoms with Gasteiger partial charge in [-0.3, -0.25) is 9.71 Å². The molecule has 1 fully saturated rings. The molecule has 8 nitrogen and oxygen atoms in total. The van der Waals surface area contributed by atoms with Gasteiger partial charge in [0, 0.05) is 53.4 Å². The number of aromatic nitrogens is 2. The van der Waals surface area contributed by atoms with Crippen molar-refractivity contribution in [1.82, 2.24) is 14.9 Å². The molecule has 0 saturated carbocycles. The average molecular weight is 589 g/mol. The van der Waals surface area contributed by atoms with Crippen LogP contribution in [-0.2, 0) is 10.0 Å². The summed E-state index contributed by atoms with van der Waals surface area (Å²) in [7, 11) is -3.38. The Morgan fingerprint density at radius 2 is 1.63 bits per heavy atom. The zero-order valence-electron chi connectivity index (χ0n) is 24.0. The number of sulfonamides is 1. The summed E-state index contributed by atoms with van der Waals surface area (Å²) in [6, 6.07) is 23.8. The number of anilines is 3. The predicted octanol–water partition coefficient (Wildman–Crippen LogP) is 5.88. The molecule has 2 N–H and O–H groups in total. The van der Waals surface area contributed by atoms with Crippen LogP contribution < -0.4 is 19.8 Å². The number of aryl methyl sites for hydroxylation is 1. The summed E-state index contributed by atoms with van der Waals surface area (Å²) >= 11 is 5.90. The number of thiocarbonyl (C=S) groups is 1. The van der Waals surface area contributed by atoms with E-state index in [9.17, 15) is 8.42 Å². The third-order valence-corrected chi connectivity index (χ3v) is 8.49. The number of nitrogens with one attached hydrogen (secondary N) is 2. The summed E-state index contributed by atoms with van der Waals surface area (Å²) in [6.07, 6.45) is 2.94. The first kappa shape index (κ1) is 28.6. The molecule has 1 aliphatic rings. The molecule has 10 heteroatoms.